The molecule has 0 radical (unpaired) electrons. The third kappa shape index (κ3) is 3.43. The average Bonchev–Trinajstić information content (AvgIpc) is 2.41. The van der Waals surface area contributed by atoms with Gasteiger partial charge in [-0.25, -0.2) is 17.5 Å². The second kappa shape index (κ2) is 5.75. The van der Waals surface area contributed by atoms with Crippen LogP contribution in [-0.4, -0.2) is 8.42 Å². The van der Waals surface area contributed by atoms with E-state index in [2.05, 4.69) is 4.72 Å². The van der Waals surface area contributed by atoms with Crippen molar-refractivity contribution in [1.82, 2.24) is 4.72 Å². The lowest BCUT2D eigenvalue weighted by Gasteiger charge is -2.26. The van der Waals surface area contributed by atoms with Gasteiger partial charge in [0, 0.05) is 0 Å². The minimum atomic E-state index is -4.03. The van der Waals surface area contributed by atoms with Gasteiger partial charge in [0.1, 0.15) is 4.90 Å². The van der Waals surface area contributed by atoms with Crippen molar-refractivity contribution in [3.05, 3.63) is 64.9 Å². The first-order valence-corrected chi connectivity index (χ1v) is 8.14. The second-order valence-electron chi connectivity index (χ2n) is 5.15. The maximum atomic E-state index is 13.9. The van der Waals surface area contributed by atoms with Crippen molar-refractivity contribution in [1.29, 1.82) is 0 Å². The standard InChI is InChI=1S/C15H15ClFNO2S/c1-15(2,11-7-4-3-5-8-11)18-21(19,20)13-10-6-9-12(16)14(13)17/h3-10,18H,1-2H3. The molecule has 0 aromatic heterocycles. The smallest absolute Gasteiger partial charge is 0.207 e. The molecule has 6 heteroatoms. The van der Waals surface area contributed by atoms with Crippen LogP contribution in [0.25, 0.3) is 0 Å². The van der Waals surface area contributed by atoms with Gasteiger partial charge in [-0.15, -0.1) is 0 Å². The first-order valence-electron chi connectivity index (χ1n) is 6.27. The summed E-state index contributed by atoms with van der Waals surface area (Å²) in [7, 11) is -4.03. The van der Waals surface area contributed by atoms with E-state index >= 15 is 0 Å². The molecule has 0 saturated heterocycles. The van der Waals surface area contributed by atoms with Crippen molar-refractivity contribution < 1.29 is 12.8 Å². The SMILES string of the molecule is CC(C)(NS(=O)(=O)c1cccc(Cl)c1F)c1ccccc1. The molecule has 0 aliphatic heterocycles. The summed E-state index contributed by atoms with van der Waals surface area (Å²) in [6, 6.07) is 13.0. The van der Waals surface area contributed by atoms with E-state index in [1.54, 1.807) is 26.0 Å². The van der Waals surface area contributed by atoms with E-state index in [-0.39, 0.29) is 5.02 Å². The molecule has 2 rings (SSSR count). The number of benzene rings is 2. The normalized spacial score (nSPS) is 12.4. The van der Waals surface area contributed by atoms with Crippen molar-refractivity contribution in [2.75, 3.05) is 0 Å². The van der Waals surface area contributed by atoms with E-state index in [1.165, 1.54) is 18.2 Å². The molecule has 0 amide bonds. The molecule has 0 unspecified atom stereocenters. The van der Waals surface area contributed by atoms with E-state index in [0.29, 0.717) is 0 Å². The Kier molecular flexibility index (Phi) is 4.37. The second-order valence-corrected chi connectivity index (χ2v) is 7.21. The molecular formula is C15H15ClFNO2S. The Hall–Kier alpha value is -1.43. The van der Waals surface area contributed by atoms with Gasteiger partial charge in [0.25, 0.3) is 0 Å². The Bertz CT molecular complexity index is 746. The van der Waals surface area contributed by atoms with Gasteiger partial charge in [0.2, 0.25) is 10.0 Å². The highest BCUT2D eigenvalue weighted by Crippen LogP contribution is 2.26. The lowest BCUT2D eigenvalue weighted by molar-refractivity contribution is 0.468. The number of hydrogen-bond acceptors (Lipinski definition) is 2. The summed E-state index contributed by atoms with van der Waals surface area (Å²) >= 11 is 5.64. The van der Waals surface area contributed by atoms with Crippen LogP contribution in [0.15, 0.2) is 53.4 Å². The molecule has 21 heavy (non-hydrogen) atoms. The summed E-state index contributed by atoms with van der Waals surface area (Å²) in [5.41, 5.74) is -0.106. The van der Waals surface area contributed by atoms with Crippen LogP contribution in [0.4, 0.5) is 4.39 Å². The van der Waals surface area contributed by atoms with Crippen molar-refractivity contribution >= 4 is 21.6 Å². The largest absolute Gasteiger partial charge is 0.244 e. The average molecular weight is 328 g/mol. The Morgan fingerprint density at radius 3 is 2.29 bits per heavy atom. The van der Waals surface area contributed by atoms with Gasteiger partial charge in [-0.2, -0.15) is 0 Å². The molecule has 112 valence electrons. The highest BCUT2D eigenvalue weighted by molar-refractivity contribution is 7.89. The zero-order valence-corrected chi connectivity index (χ0v) is 13.2. The van der Waals surface area contributed by atoms with E-state index in [4.69, 9.17) is 11.6 Å². The maximum absolute atomic E-state index is 13.9. The number of rotatable bonds is 4. The molecule has 0 fully saturated rings. The van der Waals surface area contributed by atoms with Crippen LogP contribution in [0.1, 0.15) is 19.4 Å². The summed E-state index contributed by atoms with van der Waals surface area (Å²) in [5.74, 6) is -0.949. The quantitative estimate of drug-likeness (QED) is 0.930. The fourth-order valence-electron chi connectivity index (χ4n) is 2.00. The Balaban J connectivity index is 2.40. The minimum absolute atomic E-state index is 0.226. The summed E-state index contributed by atoms with van der Waals surface area (Å²) < 4.78 is 41.2. The number of sulfonamides is 1. The first-order chi connectivity index (χ1) is 9.74. The lowest BCUT2D eigenvalue weighted by atomic mass is 9.96. The van der Waals surface area contributed by atoms with Crippen molar-refractivity contribution in [3.8, 4) is 0 Å². The van der Waals surface area contributed by atoms with Crippen LogP contribution in [0.3, 0.4) is 0 Å². The van der Waals surface area contributed by atoms with E-state index in [9.17, 15) is 12.8 Å². The predicted octanol–water partition coefficient (Wildman–Crippen LogP) is 3.69. The van der Waals surface area contributed by atoms with Crippen molar-refractivity contribution in [3.63, 3.8) is 0 Å². The molecular weight excluding hydrogens is 313 g/mol. The Labute approximate surface area is 128 Å². The van der Waals surface area contributed by atoms with Crippen LogP contribution in [0.5, 0.6) is 0 Å². The third-order valence-electron chi connectivity index (χ3n) is 3.09. The molecule has 0 aliphatic carbocycles. The summed E-state index contributed by atoms with van der Waals surface area (Å²) in [5, 5.41) is -0.226. The van der Waals surface area contributed by atoms with Gasteiger partial charge in [0.15, 0.2) is 5.82 Å². The number of halogens is 2. The molecule has 0 saturated carbocycles. The topological polar surface area (TPSA) is 46.2 Å². The Morgan fingerprint density at radius 2 is 1.67 bits per heavy atom. The van der Waals surface area contributed by atoms with Gasteiger partial charge >= 0.3 is 0 Å². The van der Waals surface area contributed by atoms with Gasteiger partial charge in [-0.1, -0.05) is 48.0 Å². The lowest BCUT2D eigenvalue weighted by Crippen LogP contribution is -2.41. The highest BCUT2D eigenvalue weighted by Gasteiger charge is 2.30. The van der Waals surface area contributed by atoms with Gasteiger partial charge in [-0.3, -0.25) is 0 Å². The van der Waals surface area contributed by atoms with Gasteiger partial charge < -0.3 is 0 Å². The van der Waals surface area contributed by atoms with Gasteiger partial charge in [-0.05, 0) is 31.5 Å². The first kappa shape index (κ1) is 15.9. The zero-order chi connectivity index (χ0) is 15.7. The monoisotopic (exact) mass is 327 g/mol. The molecule has 0 heterocycles. The summed E-state index contributed by atoms with van der Waals surface area (Å²) in [6.07, 6.45) is 0. The van der Waals surface area contributed by atoms with Crippen LogP contribution < -0.4 is 4.72 Å². The zero-order valence-electron chi connectivity index (χ0n) is 11.6. The van der Waals surface area contributed by atoms with E-state index < -0.39 is 26.3 Å². The molecule has 1 N–H and O–H groups in total. The summed E-state index contributed by atoms with van der Waals surface area (Å²) in [6.45, 7) is 3.42. The van der Waals surface area contributed by atoms with E-state index in [1.807, 2.05) is 18.2 Å². The molecule has 0 bridgehead atoms. The van der Waals surface area contributed by atoms with Crippen LogP contribution in [0, 0.1) is 5.82 Å². The highest BCUT2D eigenvalue weighted by atomic mass is 35.5. The molecule has 2 aromatic rings. The van der Waals surface area contributed by atoms with Gasteiger partial charge in [0.05, 0.1) is 10.6 Å². The van der Waals surface area contributed by atoms with Crippen molar-refractivity contribution in [2.45, 2.75) is 24.3 Å². The van der Waals surface area contributed by atoms with Crippen LogP contribution in [0.2, 0.25) is 5.02 Å². The number of nitrogens with one attached hydrogen (secondary N) is 1. The molecule has 0 spiro atoms. The van der Waals surface area contributed by atoms with Crippen LogP contribution in [-0.2, 0) is 15.6 Å². The molecule has 2 aromatic carbocycles. The minimum Gasteiger partial charge on any atom is -0.207 e. The molecule has 0 aliphatic rings. The number of hydrogen-bond donors (Lipinski definition) is 1. The fourth-order valence-corrected chi connectivity index (χ4v) is 3.73. The predicted molar refractivity (Wildman–Crippen MR) is 81.2 cm³/mol. The molecule has 0 atom stereocenters. The van der Waals surface area contributed by atoms with Crippen LogP contribution >= 0.6 is 11.6 Å². The fraction of sp³-hybridized carbons (Fsp3) is 0.200. The molecule has 3 nitrogen and oxygen atoms in total. The van der Waals surface area contributed by atoms with Crippen molar-refractivity contribution in [2.24, 2.45) is 0 Å². The third-order valence-corrected chi connectivity index (χ3v) is 5.06. The maximum Gasteiger partial charge on any atom is 0.244 e. The summed E-state index contributed by atoms with van der Waals surface area (Å²) in [4.78, 5) is -0.459. The van der Waals surface area contributed by atoms with E-state index in [0.717, 1.165) is 5.56 Å². The Morgan fingerprint density at radius 1 is 1.05 bits per heavy atom.